The second-order valence-corrected chi connectivity index (χ2v) is 13.1. The molecule has 0 heterocycles. The van der Waals surface area contributed by atoms with Crippen LogP contribution in [-0.4, -0.2) is 25.8 Å². The Labute approximate surface area is 295 Å². The summed E-state index contributed by atoms with van der Waals surface area (Å²) in [6.07, 6.45) is 21.4. The Balaban J connectivity index is 1.14. The highest BCUT2D eigenvalue weighted by Gasteiger charge is 2.17. The van der Waals surface area contributed by atoms with Crippen molar-refractivity contribution in [2.75, 3.05) is 19.8 Å². The molecule has 0 aliphatic heterocycles. The minimum Gasteiger partial charge on any atom is -0.494 e. The van der Waals surface area contributed by atoms with Gasteiger partial charge in [0.05, 0.1) is 6.61 Å². The molecule has 0 N–H and O–H groups in total. The normalized spacial score (nSPS) is 11.0. The molecule has 49 heavy (non-hydrogen) atoms. The first-order valence-corrected chi connectivity index (χ1v) is 19.0. The molecule has 0 bridgehead atoms. The van der Waals surface area contributed by atoms with Crippen LogP contribution in [0.4, 0.5) is 0 Å². The van der Waals surface area contributed by atoms with Crippen LogP contribution in [0.3, 0.4) is 0 Å². The summed E-state index contributed by atoms with van der Waals surface area (Å²) in [6.45, 7) is 3.72. The van der Waals surface area contributed by atoms with Crippen LogP contribution < -0.4 is 14.2 Å². The van der Waals surface area contributed by atoms with Gasteiger partial charge >= 0.3 is 5.97 Å². The van der Waals surface area contributed by atoms with E-state index < -0.39 is 5.97 Å². The summed E-state index contributed by atoms with van der Waals surface area (Å²) in [4.78, 5) is 13.2. The lowest BCUT2D eigenvalue weighted by molar-refractivity contribution is 0.0466. The molecule has 4 aromatic carbocycles. The number of benzene rings is 4. The van der Waals surface area contributed by atoms with Crippen molar-refractivity contribution >= 4 is 16.7 Å². The average molecular weight is 667 g/mol. The molecule has 4 rings (SSSR count). The van der Waals surface area contributed by atoms with E-state index in [-0.39, 0.29) is 13.2 Å². The van der Waals surface area contributed by atoms with Crippen LogP contribution in [0.5, 0.6) is 17.2 Å². The van der Waals surface area contributed by atoms with Crippen molar-refractivity contribution in [1.82, 2.24) is 0 Å². The van der Waals surface area contributed by atoms with Crippen molar-refractivity contribution in [1.29, 1.82) is 0 Å². The zero-order chi connectivity index (χ0) is 34.2. The highest BCUT2D eigenvalue weighted by atomic mass is 16.5. The van der Waals surface area contributed by atoms with E-state index in [2.05, 4.69) is 19.1 Å². The fourth-order valence-electron chi connectivity index (χ4n) is 6.09. The second-order valence-electron chi connectivity index (χ2n) is 13.1. The van der Waals surface area contributed by atoms with E-state index in [0.717, 1.165) is 29.5 Å². The summed E-state index contributed by atoms with van der Waals surface area (Å²) in [5.74, 6) is 1.44. The van der Waals surface area contributed by atoms with Crippen LogP contribution in [0.1, 0.15) is 126 Å². The van der Waals surface area contributed by atoms with Gasteiger partial charge < -0.3 is 18.9 Å². The fraction of sp³-hybridized carbons (Fsp3) is 0.477. The summed E-state index contributed by atoms with van der Waals surface area (Å²) in [5.41, 5.74) is 1.28. The predicted molar refractivity (Wildman–Crippen MR) is 202 cm³/mol. The van der Waals surface area contributed by atoms with Gasteiger partial charge in [-0.1, -0.05) is 164 Å². The maximum absolute atomic E-state index is 13.2. The van der Waals surface area contributed by atoms with Crippen molar-refractivity contribution < 1.29 is 23.7 Å². The summed E-state index contributed by atoms with van der Waals surface area (Å²) in [5, 5.41) is 2.29. The average Bonchev–Trinajstić information content (AvgIpc) is 3.14. The van der Waals surface area contributed by atoms with Gasteiger partial charge in [0.2, 0.25) is 0 Å². The van der Waals surface area contributed by atoms with E-state index >= 15 is 0 Å². The number of hydrogen-bond acceptors (Lipinski definition) is 5. The highest BCUT2D eigenvalue weighted by Crippen LogP contribution is 2.27. The van der Waals surface area contributed by atoms with Crippen LogP contribution in [0, 0.1) is 0 Å². The number of ether oxygens (including phenoxy) is 4. The van der Waals surface area contributed by atoms with Gasteiger partial charge in [0.15, 0.2) is 0 Å². The maximum atomic E-state index is 13.2. The minimum absolute atomic E-state index is 0.189. The molecule has 5 heteroatoms. The summed E-state index contributed by atoms with van der Waals surface area (Å²) >= 11 is 0. The third kappa shape index (κ3) is 15.0. The van der Waals surface area contributed by atoms with E-state index in [1.54, 1.807) is 12.1 Å². The molecule has 0 aliphatic rings. The van der Waals surface area contributed by atoms with Gasteiger partial charge in [0.25, 0.3) is 0 Å². The first-order chi connectivity index (χ1) is 24.2. The molecule has 0 fully saturated rings. The van der Waals surface area contributed by atoms with Crippen molar-refractivity contribution in [3.8, 4) is 17.2 Å². The van der Waals surface area contributed by atoms with Gasteiger partial charge in [-0.2, -0.15) is 0 Å². The van der Waals surface area contributed by atoms with E-state index in [1.807, 2.05) is 66.7 Å². The number of fused-ring (bicyclic) bond motifs is 1. The number of esters is 1. The number of carbonyl (C=O) groups excluding carboxylic acids is 1. The Morgan fingerprint density at radius 2 is 1.02 bits per heavy atom. The summed E-state index contributed by atoms with van der Waals surface area (Å²) in [6, 6.07) is 29.3. The number of hydrogen-bond donors (Lipinski definition) is 0. The van der Waals surface area contributed by atoms with Gasteiger partial charge in [-0.15, -0.1) is 0 Å². The molecule has 0 amide bonds. The molecule has 0 saturated heterocycles. The molecule has 5 nitrogen and oxygen atoms in total. The lowest BCUT2D eigenvalue weighted by Crippen LogP contribution is -2.13. The zero-order valence-corrected chi connectivity index (χ0v) is 29.8. The Hall–Kier alpha value is -3.99. The molecule has 0 radical (unpaired) electrons. The van der Waals surface area contributed by atoms with Crippen LogP contribution in [-0.2, 0) is 11.3 Å². The van der Waals surface area contributed by atoms with Crippen LogP contribution in [0.15, 0.2) is 91.0 Å². The molecule has 0 aliphatic carbocycles. The Kier molecular flexibility index (Phi) is 18.0. The molecule has 264 valence electrons. The smallest absolute Gasteiger partial charge is 0.342 e. The largest absolute Gasteiger partial charge is 0.494 e. The van der Waals surface area contributed by atoms with Gasteiger partial charge in [0, 0.05) is 0 Å². The molecule has 0 aromatic heterocycles. The summed E-state index contributed by atoms with van der Waals surface area (Å²) < 4.78 is 23.7. The van der Waals surface area contributed by atoms with Crippen molar-refractivity contribution in [2.24, 2.45) is 0 Å². The van der Waals surface area contributed by atoms with Crippen molar-refractivity contribution in [2.45, 2.75) is 116 Å². The molecule has 0 spiro atoms. The number of unbranched alkanes of at least 4 members (excludes halogenated alkanes) is 15. The van der Waals surface area contributed by atoms with Crippen LogP contribution in [0.25, 0.3) is 10.8 Å². The van der Waals surface area contributed by atoms with E-state index in [0.29, 0.717) is 30.3 Å². The first-order valence-electron chi connectivity index (χ1n) is 19.0. The van der Waals surface area contributed by atoms with Gasteiger partial charge in [-0.25, -0.2) is 4.79 Å². The first kappa shape index (κ1) is 37.8. The van der Waals surface area contributed by atoms with Gasteiger partial charge in [0.1, 0.15) is 42.6 Å². The van der Waals surface area contributed by atoms with E-state index in [9.17, 15) is 4.79 Å². The van der Waals surface area contributed by atoms with E-state index in [4.69, 9.17) is 18.9 Å². The third-order valence-electron chi connectivity index (χ3n) is 8.98. The van der Waals surface area contributed by atoms with Crippen LogP contribution >= 0.6 is 0 Å². The second kappa shape index (κ2) is 23.4. The Morgan fingerprint density at radius 1 is 0.490 bits per heavy atom. The SMILES string of the molecule is CCCCCCCCCCCCCCCCCCOc1ccc(OCCOc2ccc3ccccc3c2)c(C(=O)OCc2ccccc2)c1. The molecule has 0 unspecified atom stereocenters. The number of carbonyl (C=O) groups is 1. The Bertz CT molecular complexity index is 1470. The van der Waals surface area contributed by atoms with Gasteiger partial charge in [-0.05, 0) is 53.1 Å². The molecule has 4 aromatic rings. The highest BCUT2D eigenvalue weighted by molar-refractivity contribution is 5.93. The third-order valence-corrected chi connectivity index (χ3v) is 8.98. The lowest BCUT2D eigenvalue weighted by Gasteiger charge is -2.14. The fourth-order valence-corrected chi connectivity index (χ4v) is 6.09. The predicted octanol–water partition coefficient (Wildman–Crippen LogP) is 12.3. The quantitative estimate of drug-likeness (QED) is 0.0493. The standard InChI is InChI=1S/C44H58O5/c1-2-3-4-5-6-7-8-9-10-11-12-13-14-15-16-22-31-46-41-29-30-43(42(35-41)44(45)49-36-37-23-18-17-19-24-37)48-33-32-47-40-28-27-38-25-20-21-26-39(38)34-40/h17-21,23-30,34-35H,2-16,22,31-33,36H2,1H3. The topological polar surface area (TPSA) is 54.0 Å². The number of rotatable bonds is 26. The van der Waals surface area contributed by atoms with Crippen molar-refractivity contribution in [3.63, 3.8) is 0 Å². The maximum Gasteiger partial charge on any atom is 0.342 e. The Morgan fingerprint density at radius 3 is 1.69 bits per heavy atom. The van der Waals surface area contributed by atoms with Gasteiger partial charge in [-0.3, -0.25) is 0 Å². The van der Waals surface area contributed by atoms with Crippen LogP contribution in [0.2, 0.25) is 0 Å². The zero-order valence-electron chi connectivity index (χ0n) is 29.8. The summed E-state index contributed by atoms with van der Waals surface area (Å²) in [7, 11) is 0. The monoisotopic (exact) mass is 666 g/mol. The molecular formula is C44H58O5. The minimum atomic E-state index is -0.442. The van der Waals surface area contributed by atoms with Crippen molar-refractivity contribution in [3.05, 3.63) is 102 Å². The lowest BCUT2D eigenvalue weighted by atomic mass is 10.0. The molecule has 0 saturated carbocycles. The molecular weight excluding hydrogens is 608 g/mol. The van der Waals surface area contributed by atoms with E-state index in [1.165, 1.54) is 95.3 Å². The molecule has 0 atom stereocenters.